The largest absolute Gasteiger partial charge is 0.508 e. The highest BCUT2D eigenvalue weighted by molar-refractivity contribution is 7.99. The molecule has 0 saturated carbocycles. The van der Waals surface area contributed by atoms with Gasteiger partial charge in [0.2, 0.25) is 0 Å². The molecule has 3 aromatic rings. The molecule has 0 amide bonds. The third-order valence-electron chi connectivity index (χ3n) is 4.00. The van der Waals surface area contributed by atoms with Crippen molar-refractivity contribution in [1.82, 2.24) is 4.98 Å². The number of aliphatic imine (C=N–C) groups is 1. The topological polar surface area (TPSA) is 45.5 Å². The highest BCUT2D eigenvalue weighted by Gasteiger charge is 2.22. The third-order valence-corrected chi connectivity index (χ3v) is 5.33. The number of fused-ring (bicyclic) bond motifs is 1. The molecule has 1 N–H and O–H groups in total. The number of aromatic nitrogens is 1. The summed E-state index contributed by atoms with van der Waals surface area (Å²) in [6, 6.07) is 19.6. The van der Waals surface area contributed by atoms with Gasteiger partial charge in [-0.05, 0) is 41.5 Å². The molecule has 0 spiro atoms. The molecule has 0 aliphatic carbocycles. The Hall–Kier alpha value is -2.59. The Balaban J connectivity index is 1.81. The Morgan fingerprint density at radius 1 is 1.00 bits per heavy atom. The minimum atomic E-state index is 0.239. The molecule has 0 radical (unpaired) electrons. The molecule has 0 bridgehead atoms. The van der Waals surface area contributed by atoms with Crippen LogP contribution >= 0.6 is 11.8 Å². The lowest BCUT2D eigenvalue weighted by molar-refractivity contribution is 0.475. The lowest BCUT2D eigenvalue weighted by Gasteiger charge is -2.15. The molecule has 2 aromatic carbocycles. The smallest absolute Gasteiger partial charge is 0.116 e. The summed E-state index contributed by atoms with van der Waals surface area (Å²) in [6.07, 6.45) is 4.50. The normalized spacial score (nSPS) is 16.8. The maximum absolute atomic E-state index is 9.82. The predicted octanol–water partition coefficient (Wildman–Crippen LogP) is 5.15. The van der Waals surface area contributed by atoms with Crippen LogP contribution in [0.2, 0.25) is 0 Å². The van der Waals surface area contributed by atoms with E-state index < -0.39 is 0 Å². The minimum Gasteiger partial charge on any atom is -0.508 e. The second kappa shape index (κ2) is 6.49. The van der Waals surface area contributed by atoms with E-state index in [9.17, 15) is 5.11 Å². The molecular formula is C20H16N2OS. The van der Waals surface area contributed by atoms with Gasteiger partial charge in [0.05, 0.1) is 5.69 Å². The lowest BCUT2D eigenvalue weighted by Crippen LogP contribution is -2.05. The second-order valence-corrected chi connectivity index (χ2v) is 6.92. The summed E-state index contributed by atoms with van der Waals surface area (Å²) in [5.41, 5.74) is 4.11. The number of nitrogens with zero attached hydrogens (tertiary/aromatic N) is 2. The van der Waals surface area contributed by atoms with Crippen LogP contribution in [0.15, 0.2) is 82.9 Å². The van der Waals surface area contributed by atoms with E-state index in [1.807, 2.05) is 54.4 Å². The molecular weight excluding hydrogens is 316 g/mol. The second-order valence-electron chi connectivity index (χ2n) is 5.67. The van der Waals surface area contributed by atoms with Gasteiger partial charge in [-0.3, -0.25) is 9.98 Å². The van der Waals surface area contributed by atoms with E-state index in [-0.39, 0.29) is 11.0 Å². The summed E-state index contributed by atoms with van der Waals surface area (Å²) < 4.78 is 0. The Labute approximate surface area is 145 Å². The van der Waals surface area contributed by atoms with Crippen LogP contribution in [0.4, 0.5) is 5.69 Å². The summed E-state index contributed by atoms with van der Waals surface area (Å²) in [4.78, 5) is 10.3. The zero-order valence-corrected chi connectivity index (χ0v) is 13.8. The van der Waals surface area contributed by atoms with Crippen molar-refractivity contribution in [3.63, 3.8) is 0 Å². The predicted molar refractivity (Wildman–Crippen MR) is 98.2 cm³/mol. The first-order chi connectivity index (χ1) is 11.8. The Bertz CT molecular complexity index is 893. The summed E-state index contributed by atoms with van der Waals surface area (Å²) in [6.45, 7) is 0. The van der Waals surface area contributed by atoms with Crippen LogP contribution in [0.3, 0.4) is 0 Å². The fourth-order valence-corrected chi connectivity index (χ4v) is 4.05. The van der Waals surface area contributed by atoms with Gasteiger partial charge in [0.15, 0.2) is 0 Å². The zero-order valence-electron chi connectivity index (χ0n) is 13.0. The van der Waals surface area contributed by atoms with Gasteiger partial charge < -0.3 is 5.11 Å². The molecule has 24 heavy (non-hydrogen) atoms. The molecule has 1 aromatic heterocycles. The van der Waals surface area contributed by atoms with Gasteiger partial charge in [-0.2, -0.15) is 0 Å². The molecule has 1 aliphatic rings. The van der Waals surface area contributed by atoms with Crippen molar-refractivity contribution < 1.29 is 5.11 Å². The van der Waals surface area contributed by atoms with Crippen molar-refractivity contribution >= 4 is 23.2 Å². The van der Waals surface area contributed by atoms with E-state index >= 15 is 0 Å². The van der Waals surface area contributed by atoms with E-state index in [1.165, 1.54) is 10.5 Å². The van der Waals surface area contributed by atoms with Crippen molar-refractivity contribution in [2.24, 2.45) is 4.99 Å². The molecule has 3 nitrogen and oxygen atoms in total. The van der Waals surface area contributed by atoms with Crippen molar-refractivity contribution in [2.75, 3.05) is 0 Å². The van der Waals surface area contributed by atoms with E-state index in [1.54, 1.807) is 18.3 Å². The fourth-order valence-electron chi connectivity index (χ4n) is 2.83. The molecule has 1 atom stereocenters. The van der Waals surface area contributed by atoms with Crippen molar-refractivity contribution in [3.8, 4) is 5.75 Å². The highest BCUT2D eigenvalue weighted by Crippen LogP contribution is 2.45. The number of phenolic OH excluding ortho intramolecular Hbond substituents is 1. The quantitative estimate of drug-likeness (QED) is 0.706. The number of hydrogen-bond donors (Lipinski definition) is 1. The fraction of sp³-hybridized carbons (Fsp3) is 0.100. The van der Waals surface area contributed by atoms with Gasteiger partial charge in [-0.15, -0.1) is 11.8 Å². The summed E-state index contributed by atoms with van der Waals surface area (Å²) in [7, 11) is 0. The standard InChI is InChI=1S/C20H16N2OS/c23-16-7-3-5-14(11-16)18-12-20(15-6-4-10-21-13-15)24-19-9-2-1-8-17(19)22-18/h1-11,13,20,23H,12H2. The Kier molecular flexibility index (Phi) is 4.05. The molecule has 2 heterocycles. The molecule has 0 fully saturated rings. The van der Waals surface area contributed by atoms with Gasteiger partial charge in [0.25, 0.3) is 0 Å². The van der Waals surface area contributed by atoms with Crippen molar-refractivity contribution in [2.45, 2.75) is 16.6 Å². The summed E-state index contributed by atoms with van der Waals surface area (Å²) in [5.74, 6) is 0.262. The van der Waals surface area contributed by atoms with Crippen LogP contribution in [-0.4, -0.2) is 15.8 Å². The van der Waals surface area contributed by atoms with Crippen LogP contribution in [0.1, 0.15) is 22.8 Å². The Morgan fingerprint density at radius 3 is 2.75 bits per heavy atom. The molecule has 4 heteroatoms. The maximum atomic E-state index is 9.82. The molecule has 118 valence electrons. The number of hydrogen-bond acceptors (Lipinski definition) is 4. The molecule has 0 saturated heterocycles. The summed E-state index contributed by atoms with van der Waals surface area (Å²) >= 11 is 1.82. The van der Waals surface area contributed by atoms with Crippen molar-refractivity contribution in [3.05, 3.63) is 84.2 Å². The number of aromatic hydroxyl groups is 1. The monoisotopic (exact) mass is 332 g/mol. The maximum Gasteiger partial charge on any atom is 0.116 e. The SMILES string of the molecule is Oc1cccc(C2=Nc3ccccc3SC(c3cccnc3)C2)c1. The zero-order chi connectivity index (χ0) is 16.4. The van der Waals surface area contributed by atoms with Gasteiger partial charge in [0, 0.05) is 34.7 Å². The van der Waals surface area contributed by atoms with Crippen LogP contribution in [-0.2, 0) is 0 Å². The third kappa shape index (κ3) is 3.05. The first-order valence-electron chi connectivity index (χ1n) is 7.82. The average molecular weight is 332 g/mol. The first kappa shape index (κ1) is 15.0. The number of para-hydroxylation sites is 1. The van der Waals surface area contributed by atoms with Gasteiger partial charge >= 0.3 is 0 Å². The van der Waals surface area contributed by atoms with E-state index in [2.05, 4.69) is 17.1 Å². The molecule has 4 rings (SSSR count). The minimum absolute atomic E-state index is 0.239. The average Bonchev–Trinajstić information content (AvgIpc) is 2.82. The highest BCUT2D eigenvalue weighted by atomic mass is 32.2. The van der Waals surface area contributed by atoms with Gasteiger partial charge in [0.1, 0.15) is 5.75 Å². The first-order valence-corrected chi connectivity index (χ1v) is 8.70. The van der Waals surface area contributed by atoms with Crippen LogP contribution in [0.25, 0.3) is 0 Å². The number of phenols is 1. The number of thioether (sulfide) groups is 1. The van der Waals surface area contributed by atoms with E-state index in [0.29, 0.717) is 0 Å². The van der Waals surface area contributed by atoms with Crippen LogP contribution in [0.5, 0.6) is 5.75 Å². The van der Waals surface area contributed by atoms with Crippen LogP contribution in [0, 0.1) is 0 Å². The van der Waals surface area contributed by atoms with Gasteiger partial charge in [-0.1, -0.05) is 30.3 Å². The number of pyridine rings is 1. The van der Waals surface area contributed by atoms with E-state index in [4.69, 9.17) is 4.99 Å². The van der Waals surface area contributed by atoms with Crippen molar-refractivity contribution in [1.29, 1.82) is 0 Å². The Morgan fingerprint density at radius 2 is 1.92 bits per heavy atom. The van der Waals surface area contributed by atoms with E-state index in [0.717, 1.165) is 23.4 Å². The number of rotatable bonds is 2. The number of benzene rings is 2. The molecule has 1 aliphatic heterocycles. The summed E-state index contributed by atoms with van der Waals surface area (Å²) in [5, 5.41) is 10.1. The van der Waals surface area contributed by atoms with Crippen LogP contribution < -0.4 is 0 Å². The van der Waals surface area contributed by atoms with Gasteiger partial charge in [-0.25, -0.2) is 0 Å². The lowest BCUT2D eigenvalue weighted by atomic mass is 10.0. The molecule has 1 unspecified atom stereocenters.